The van der Waals surface area contributed by atoms with Crippen LogP contribution in [0.15, 0.2) is 0 Å². The van der Waals surface area contributed by atoms with Gasteiger partial charge in [0.15, 0.2) is 5.78 Å². The van der Waals surface area contributed by atoms with Gasteiger partial charge in [-0.2, -0.15) is 0 Å². The van der Waals surface area contributed by atoms with E-state index in [0.717, 1.165) is 75.0 Å². The van der Waals surface area contributed by atoms with Crippen LogP contribution in [-0.2, 0) is 4.79 Å². The minimum Gasteiger partial charge on any atom is -0.298 e. The Morgan fingerprint density at radius 1 is 0.700 bits per heavy atom. The first-order valence-corrected chi connectivity index (χ1v) is 13.7. The molecule has 0 aromatic carbocycles. The van der Waals surface area contributed by atoms with Crippen LogP contribution in [0.25, 0.3) is 0 Å². The summed E-state index contributed by atoms with van der Waals surface area (Å²) >= 11 is 0. The van der Waals surface area contributed by atoms with E-state index in [4.69, 9.17) is 0 Å². The number of carbonyl (C=O) groups excluding carboxylic acids is 1. The first-order chi connectivity index (χ1) is 14.6. The van der Waals surface area contributed by atoms with Crippen molar-refractivity contribution in [3.05, 3.63) is 0 Å². The van der Waals surface area contributed by atoms with E-state index in [1.54, 1.807) is 0 Å². The minimum absolute atomic E-state index is 0.357. The molecule has 1 nitrogen and oxygen atoms in total. The van der Waals surface area contributed by atoms with Crippen LogP contribution < -0.4 is 0 Å². The van der Waals surface area contributed by atoms with Crippen molar-refractivity contribution in [3.8, 4) is 0 Å². The predicted molar refractivity (Wildman–Crippen MR) is 123 cm³/mol. The molecule has 172 valence electrons. The summed E-state index contributed by atoms with van der Waals surface area (Å²) < 4.78 is 15.7. The summed E-state index contributed by atoms with van der Waals surface area (Å²) in [6.45, 7) is 4.53. The summed E-state index contributed by atoms with van der Waals surface area (Å²) in [6, 6.07) is 0. The fourth-order valence-electron chi connectivity index (χ4n) is 8.29. The third kappa shape index (κ3) is 4.03. The highest BCUT2D eigenvalue weighted by molar-refractivity contribution is 5.98. The minimum atomic E-state index is -0.838. The molecule has 30 heavy (non-hydrogen) atoms. The maximum absolute atomic E-state index is 15.7. The van der Waals surface area contributed by atoms with Crippen molar-refractivity contribution in [1.29, 1.82) is 0 Å². The van der Waals surface area contributed by atoms with E-state index in [0.29, 0.717) is 5.78 Å². The van der Waals surface area contributed by atoms with Crippen LogP contribution in [0, 0.1) is 34.5 Å². The average Bonchev–Trinajstić information content (AvgIpc) is 2.80. The van der Waals surface area contributed by atoms with Gasteiger partial charge in [0.25, 0.3) is 0 Å². The Bertz CT molecular complexity index is 559. The molecule has 1 atom stereocenters. The smallest absolute Gasteiger partial charge is 0.151 e. The molecule has 0 N–H and O–H groups in total. The van der Waals surface area contributed by atoms with Gasteiger partial charge in [-0.05, 0) is 87.9 Å². The third-order valence-corrected chi connectivity index (χ3v) is 10.3. The summed E-state index contributed by atoms with van der Waals surface area (Å²) in [6.07, 6.45) is 20.6. The van der Waals surface area contributed by atoms with Crippen molar-refractivity contribution >= 4 is 5.78 Å². The van der Waals surface area contributed by atoms with Gasteiger partial charge in [-0.1, -0.05) is 65.2 Å². The number of Topliss-reactive ketones (excluding diaryl/α,β-unsaturated/α-hetero) is 1. The number of unbranched alkanes of at least 4 members (excludes halogenated alkanes) is 2. The normalized spacial score (nSPS) is 44.4. The number of halogens is 1. The molecule has 0 unspecified atom stereocenters. The lowest BCUT2D eigenvalue weighted by Crippen LogP contribution is -2.69. The molecule has 0 amide bonds. The molecule has 0 saturated heterocycles. The zero-order valence-electron chi connectivity index (χ0n) is 19.9. The molecule has 4 aliphatic rings. The van der Waals surface area contributed by atoms with E-state index in [1.165, 1.54) is 64.2 Å². The lowest BCUT2D eigenvalue weighted by Gasteiger charge is -2.61. The molecule has 4 aliphatic carbocycles. The molecule has 0 aromatic rings. The zero-order valence-corrected chi connectivity index (χ0v) is 19.9. The van der Waals surface area contributed by atoms with Gasteiger partial charge in [-0.25, -0.2) is 4.39 Å². The van der Waals surface area contributed by atoms with Crippen LogP contribution in [0.5, 0.6) is 0 Å². The fraction of sp³-hybridized carbons (Fsp3) is 0.964. The molecule has 0 heterocycles. The van der Waals surface area contributed by atoms with Crippen molar-refractivity contribution in [1.82, 2.24) is 0 Å². The fourth-order valence-corrected chi connectivity index (χ4v) is 8.29. The number of rotatable bonds is 7. The van der Waals surface area contributed by atoms with Gasteiger partial charge in [0.05, 0.1) is 10.8 Å². The molecule has 0 aromatic heterocycles. The topological polar surface area (TPSA) is 17.1 Å². The second kappa shape index (κ2) is 9.62. The largest absolute Gasteiger partial charge is 0.298 e. The summed E-state index contributed by atoms with van der Waals surface area (Å²) in [5.41, 5.74) is -1.13. The maximum Gasteiger partial charge on any atom is 0.151 e. The standard InChI is InChI=1S/C28H47FO/c1-3-5-6-8-22-9-11-23(12-10-22)24-15-19-28(20-16-24)25(29)27(26(28)30)17-13-21(7-4-2)14-18-27/h21-25H,3-20H2,1-2H3/t21?,22?,23?,24?,25-,27?,28?/m1/s1. The van der Waals surface area contributed by atoms with Gasteiger partial charge in [-0.15, -0.1) is 0 Å². The average molecular weight is 419 g/mol. The Kier molecular flexibility index (Phi) is 7.30. The van der Waals surface area contributed by atoms with Gasteiger partial charge in [0.1, 0.15) is 6.17 Å². The van der Waals surface area contributed by atoms with Gasteiger partial charge >= 0.3 is 0 Å². The molecule has 0 aliphatic heterocycles. The molecule has 4 fully saturated rings. The second-order valence-electron chi connectivity index (χ2n) is 11.9. The SMILES string of the molecule is CCCCCC1CCC(C2CCC3(CC2)C(=O)C2(CCC(CCC)CC2)[C@H]3F)CC1. The van der Waals surface area contributed by atoms with Crippen LogP contribution in [0.2, 0.25) is 0 Å². The van der Waals surface area contributed by atoms with Gasteiger partial charge in [0, 0.05) is 0 Å². The van der Waals surface area contributed by atoms with Gasteiger partial charge in [0.2, 0.25) is 0 Å². The van der Waals surface area contributed by atoms with E-state index in [-0.39, 0.29) is 0 Å². The van der Waals surface area contributed by atoms with Gasteiger partial charge < -0.3 is 0 Å². The highest BCUT2D eigenvalue weighted by Crippen LogP contribution is 2.66. The number of carbonyl (C=O) groups is 1. The van der Waals surface area contributed by atoms with Crippen molar-refractivity contribution in [3.63, 3.8) is 0 Å². The van der Waals surface area contributed by atoms with E-state index in [9.17, 15) is 4.79 Å². The third-order valence-electron chi connectivity index (χ3n) is 10.3. The zero-order chi connectivity index (χ0) is 21.2. The van der Waals surface area contributed by atoms with Crippen molar-refractivity contribution in [2.75, 3.05) is 0 Å². The molecule has 4 rings (SSSR count). The Balaban J connectivity index is 1.25. The molecule has 0 radical (unpaired) electrons. The Hall–Kier alpha value is -0.400. The molecular formula is C28H47FO. The Morgan fingerprint density at radius 3 is 1.77 bits per heavy atom. The maximum atomic E-state index is 15.7. The van der Waals surface area contributed by atoms with Crippen molar-refractivity contribution < 1.29 is 9.18 Å². The van der Waals surface area contributed by atoms with E-state index in [1.807, 2.05) is 0 Å². The lowest BCUT2D eigenvalue weighted by atomic mass is 9.41. The number of hydrogen-bond donors (Lipinski definition) is 0. The summed E-state index contributed by atoms with van der Waals surface area (Å²) in [4.78, 5) is 13.4. The van der Waals surface area contributed by atoms with Crippen LogP contribution in [0.3, 0.4) is 0 Å². The lowest BCUT2D eigenvalue weighted by molar-refractivity contribution is -0.194. The van der Waals surface area contributed by atoms with Crippen molar-refractivity contribution in [2.24, 2.45) is 34.5 Å². The molecule has 2 spiro atoms. The van der Waals surface area contributed by atoms with Crippen LogP contribution in [0.1, 0.15) is 129 Å². The number of alkyl halides is 1. The van der Waals surface area contributed by atoms with Crippen LogP contribution in [-0.4, -0.2) is 12.0 Å². The Morgan fingerprint density at radius 2 is 1.23 bits per heavy atom. The first-order valence-electron chi connectivity index (χ1n) is 13.7. The van der Waals surface area contributed by atoms with Crippen LogP contribution in [0.4, 0.5) is 4.39 Å². The summed E-state index contributed by atoms with van der Waals surface area (Å²) in [5, 5.41) is 0. The van der Waals surface area contributed by atoms with E-state index < -0.39 is 17.0 Å². The molecule has 2 heteroatoms. The second-order valence-corrected chi connectivity index (χ2v) is 11.9. The number of ketones is 1. The van der Waals surface area contributed by atoms with Crippen molar-refractivity contribution in [2.45, 2.75) is 136 Å². The molecular weight excluding hydrogens is 371 g/mol. The molecule has 4 saturated carbocycles. The first kappa shape index (κ1) is 22.8. The highest BCUT2D eigenvalue weighted by Gasteiger charge is 2.71. The van der Waals surface area contributed by atoms with E-state index >= 15 is 4.39 Å². The Labute approximate surface area is 185 Å². The quantitative estimate of drug-likeness (QED) is 0.379. The highest BCUT2D eigenvalue weighted by atomic mass is 19.1. The molecule has 0 bridgehead atoms. The van der Waals surface area contributed by atoms with Crippen LogP contribution >= 0.6 is 0 Å². The monoisotopic (exact) mass is 418 g/mol. The predicted octanol–water partition coefficient (Wildman–Crippen LogP) is 8.45. The summed E-state index contributed by atoms with van der Waals surface area (Å²) in [7, 11) is 0. The summed E-state index contributed by atoms with van der Waals surface area (Å²) in [5.74, 6) is 3.69. The van der Waals surface area contributed by atoms with Gasteiger partial charge in [-0.3, -0.25) is 4.79 Å². The van der Waals surface area contributed by atoms with E-state index in [2.05, 4.69) is 13.8 Å². The number of hydrogen-bond acceptors (Lipinski definition) is 1.